The van der Waals surface area contributed by atoms with Crippen molar-refractivity contribution in [2.75, 3.05) is 11.5 Å². The molecule has 64 valence electrons. The smallest absolute Gasteiger partial charge is 0.221 e. The third-order valence-electron chi connectivity index (χ3n) is 1.29. The van der Waals surface area contributed by atoms with Gasteiger partial charge in [0, 0.05) is 18.3 Å². The Labute approximate surface area is 75.2 Å². The van der Waals surface area contributed by atoms with Crippen molar-refractivity contribution in [2.45, 2.75) is 6.54 Å². The third-order valence-corrected chi connectivity index (χ3v) is 1.46. The van der Waals surface area contributed by atoms with Gasteiger partial charge in [-0.3, -0.25) is 0 Å². The van der Waals surface area contributed by atoms with E-state index in [9.17, 15) is 0 Å². The number of hydrogen-bond donors (Lipinski definition) is 3. The van der Waals surface area contributed by atoms with E-state index in [0.29, 0.717) is 12.4 Å². The van der Waals surface area contributed by atoms with Gasteiger partial charge in [0.25, 0.3) is 0 Å². The number of thiocarbonyl (C=S) groups is 1. The quantitative estimate of drug-likeness (QED) is 0.557. The van der Waals surface area contributed by atoms with Gasteiger partial charge < -0.3 is 16.8 Å². The molecule has 0 aliphatic rings. The summed E-state index contributed by atoms with van der Waals surface area (Å²) >= 11 is 4.58. The van der Waals surface area contributed by atoms with Gasteiger partial charge in [0.05, 0.1) is 5.49 Å². The SMILES string of the molecule is Nc1ncc(CNC=S)c(N)n1. The predicted octanol–water partition coefficient (Wildman–Crippen LogP) is -0.312. The van der Waals surface area contributed by atoms with Gasteiger partial charge in [-0.15, -0.1) is 0 Å². The minimum absolute atomic E-state index is 0.179. The molecule has 1 aromatic rings. The van der Waals surface area contributed by atoms with Crippen LogP contribution < -0.4 is 16.8 Å². The van der Waals surface area contributed by atoms with Gasteiger partial charge in [-0.1, -0.05) is 12.2 Å². The van der Waals surface area contributed by atoms with E-state index in [-0.39, 0.29) is 5.95 Å². The Morgan fingerprint density at radius 1 is 1.58 bits per heavy atom. The lowest BCUT2D eigenvalue weighted by Gasteiger charge is -2.03. The molecule has 0 aromatic carbocycles. The number of rotatable bonds is 3. The van der Waals surface area contributed by atoms with Crippen LogP contribution in [0, 0.1) is 0 Å². The first kappa shape index (κ1) is 8.66. The Kier molecular flexibility index (Phi) is 2.76. The first-order valence-electron chi connectivity index (χ1n) is 3.28. The second-order valence-corrected chi connectivity index (χ2v) is 2.37. The molecule has 1 rings (SSSR count). The van der Waals surface area contributed by atoms with Crippen LogP contribution >= 0.6 is 12.2 Å². The molecule has 6 heteroatoms. The monoisotopic (exact) mass is 183 g/mol. The number of nitrogens with one attached hydrogen (secondary N) is 1. The highest BCUT2D eigenvalue weighted by Gasteiger charge is 1.99. The molecular formula is C6H9N5S. The Bertz CT molecular complexity index is 287. The fourth-order valence-electron chi connectivity index (χ4n) is 0.722. The molecule has 1 aromatic heterocycles. The van der Waals surface area contributed by atoms with Gasteiger partial charge in [-0.25, -0.2) is 4.98 Å². The molecule has 5 N–H and O–H groups in total. The zero-order valence-corrected chi connectivity index (χ0v) is 7.14. The average Bonchev–Trinajstić information content (AvgIpc) is 2.03. The van der Waals surface area contributed by atoms with E-state index in [1.165, 1.54) is 5.49 Å². The van der Waals surface area contributed by atoms with E-state index >= 15 is 0 Å². The predicted molar refractivity (Wildman–Crippen MR) is 51.4 cm³/mol. The van der Waals surface area contributed by atoms with Crippen LogP contribution in [0.15, 0.2) is 6.20 Å². The number of nitrogen functional groups attached to an aromatic ring is 2. The minimum atomic E-state index is 0.179. The normalized spacial score (nSPS) is 9.33. The maximum Gasteiger partial charge on any atom is 0.221 e. The maximum atomic E-state index is 5.54. The second kappa shape index (κ2) is 3.82. The molecular weight excluding hydrogens is 174 g/mol. The van der Waals surface area contributed by atoms with Crippen LogP contribution in [0.4, 0.5) is 11.8 Å². The fourth-order valence-corrected chi connectivity index (χ4v) is 0.805. The summed E-state index contributed by atoms with van der Waals surface area (Å²) in [5.74, 6) is 0.561. The minimum Gasteiger partial charge on any atom is -0.383 e. The van der Waals surface area contributed by atoms with E-state index in [1.54, 1.807) is 6.20 Å². The Balaban J connectivity index is 2.78. The molecule has 5 nitrogen and oxygen atoms in total. The van der Waals surface area contributed by atoms with Crippen molar-refractivity contribution in [2.24, 2.45) is 0 Å². The summed E-state index contributed by atoms with van der Waals surface area (Å²) in [6, 6.07) is 0. The van der Waals surface area contributed by atoms with Crippen LogP contribution in [0.2, 0.25) is 0 Å². The highest BCUT2D eigenvalue weighted by molar-refractivity contribution is 7.78. The summed E-state index contributed by atoms with van der Waals surface area (Å²) in [7, 11) is 0. The van der Waals surface area contributed by atoms with Crippen LogP contribution in [0.3, 0.4) is 0 Å². The standard InChI is InChI=1S/C6H9N5S/c7-5-4(1-9-3-12)2-10-6(8)11-5/h2-3H,1H2,(H,9,12)(H4,7,8,10,11). The van der Waals surface area contributed by atoms with E-state index in [2.05, 4.69) is 27.5 Å². The maximum absolute atomic E-state index is 5.54. The van der Waals surface area contributed by atoms with Crippen LogP contribution in [-0.2, 0) is 6.54 Å². The van der Waals surface area contributed by atoms with Crippen LogP contribution in [0.1, 0.15) is 5.56 Å². The zero-order chi connectivity index (χ0) is 8.97. The molecule has 0 aliphatic carbocycles. The Morgan fingerprint density at radius 3 is 2.92 bits per heavy atom. The highest BCUT2D eigenvalue weighted by atomic mass is 32.1. The average molecular weight is 183 g/mol. The van der Waals surface area contributed by atoms with Crippen molar-refractivity contribution in [3.05, 3.63) is 11.8 Å². The van der Waals surface area contributed by atoms with Crippen molar-refractivity contribution in [3.8, 4) is 0 Å². The van der Waals surface area contributed by atoms with Gasteiger partial charge in [0.2, 0.25) is 5.95 Å². The second-order valence-electron chi connectivity index (χ2n) is 2.14. The molecule has 12 heavy (non-hydrogen) atoms. The molecule has 0 radical (unpaired) electrons. The molecule has 0 unspecified atom stereocenters. The highest BCUT2D eigenvalue weighted by Crippen LogP contribution is 2.06. The van der Waals surface area contributed by atoms with Crippen molar-refractivity contribution in [1.82, 2.24) is 15.3 Å². The van der Waals surface area contributed by atoms with E-state index in [4.69, 9.17) is 11.5 Å². The summed E-state index contributed by atoms with van der Waals surface area (Å²) in [5, 5.41) is 2.81. The van der Waals surface area contributed by atoms with Crippen molar-refractivity contribution >= 4 is 29.5 Å². The summed E-state index contributed by atoms with van der Waals surface area (Å²) in [5.41, 5.74) is 13.0. The van der Waals surface area contributed by atoms with Crippen LogP contribution in [-0.4, -0.2) is 15.5 Å². The van der Waals surface area contributed by atoms with Gasteiger partial charge in [-0.05, 0) is 0 Å². The van der Waals surface area contributed by atoms with Crippen molar-refractivity contribution in [1.29, 1.82) is 0 Å². The van der Waals surface area contributed by atoms with Gasteiger partial charge in [0.1, 0.15) is 5.82 Å². The third kappa shape index (κ3) is 2.03. The first-order chi connectivity index (χ1) is 5.74. The number of hydrogen-bond acceptors (Lipinski definition) is 5. The van der Waals surface area contributed by atoms with Crippen molar-refractivity contribution < 1.29 is 0 Å². The van der Waals surface area contributed by atoms with E-state index in [1.807, 2.05) is 0 Å². The number of nitrogens with zero attached hydrogens (tertiary/aromatic N) is 2. The largest absolute Gasteiger partial charge is 0.383 e. The molecule has 1 heterocycles. The van der Waals surface area contributed by atoms with Crippen LogP contribution in [0.5, 0.6) is 0 Å². The molecule has 0 saturated carbocycles. The number of anilines is 2. The molecule has 0 fully saturated rings. The van der Waals surface area contributed by atoms with Gasteiger partial charge in [0.15, 0.2) is 0 Å². The molecule has 0 amide bonds. The summed E-state index contributed by atoms with van der Waals surface area (Å²) in [6.07, 6.45) is 1.57. The summed E-state index contributed by atoms with van der Waals surface area (Å²) in [4.78, 5) is 7.57. The van der Waals surface area contributed by atoms with Crippen molar-refractivity contribution in [3.63, 3.8) is 0 Å². The molecule has 0 spiro atoms. The van der Waals surface area contributed by atoms with Gasteiger partial charge in [-0.2, -0.15) is 4.98 Å². The Morgan fingerprint density at radius 2 is 2.33 bits per heavy atom. The molecule has 0 saturated heterocycles. The lowest BCUT2D eigenvalue weighted by atomic mass is 10.3. The van der Waals surface area contributed by atoms with Crippen LogP contribution in [0.25, 0.3) is 0 Å². The number of nitrogens with two attached hydrogens (primary N) is 2. The molecule has 0 aliphatic heterocycles. The molecule has 0 atom stereocenters. The first-order valence-corrected chi connectivity index (χ1v) is 3.75. The lowest BCUT2D eigenvalue weighted by Crippen LogP contribution is -2.12. The topological polar surface area (TPSA) is 89.8 Å². The zero-order valence-electron chi connectivity index (χ0n) is 6.32. The lowest BCUT2D eigenvalue weighted by molar-refractivity contribution is 0.925. The van der Waals surface area contributed by atoms with E-state index < -0.39 is 0 Å². The van der Waals surface area contributed by atoms with Gasteiger partial charge >= 0.3 is 0 Å². The number of aromatic nitrogens is 2. The molecule has 0 bridgehead atoms. The fraction of sp³-hybridized carbons (Fsp3) is 0.167. The Hall–Kier alpha value is -1.43. The summed E-state index contributed by atoms with van der Waals surface area (Å²) in [6.45, 7) is 0.523. The van der Waals surface area contributed by atoms with E-state index in [0.717, 1.165) is 5.56 Å². The summed E-state index contributed by atoms with van der Waals surface area (Å²) < 4.78 is 0.